The summed E-state index contributed by atoms with van der Waals surface area (Å²) >= 11 is 3.67. The lowest BCUT2D eigenvalue weighted by molar-refractivity contribution is 0.660. The molecular formula is C15H13Br. The third-order valence-corrected chi connectivity index (χ3v) is 4.22. The summed E-state index contributed by atoms with van der Waals surface area (Å²) in [5.41, 5.74) is 5.70. The fourth-order valence-electron chi connectivity index (χ4n) is 2.71. The molecule has 0 heterocycles. The molecule has 0 fully saturated rings. The van der Waals surface area contributed by atoms with E-state index in [9.17, 15) is 0 Å². The maximum Gasteiger partial charge on any atom is 0.0256 e. The molecule has 0 saturated carbocycles. The molecule has 0 saturated heterocycles. The molecule has 0 atom stereocenters. The van der Waals surface area contributed by atoms with Crippen LogP contribution in [0.1, 0.15) is 25.0 Å². The molecule has 0 N–H and O–H groups in total. The van der Waals surface area contributed by atoms with Crippen LogP contribution in [0.15, 0.2) is 46.9 Å². The van der Waals surface area contributed by atoms with Crippen molar-refractivity contribution in [3.8, 4) is 11.1 Å². The van der Waals surface area contributed by atoms with E-state index >= 15 is 0 Å². The number of halogens is 1. The molecule has 1 heteroatoms. The molecular weight excluding hydrogens is 260 g/mol. The molecule has 16 heavy (non-hydrogen) atoms. The van der Waals surface area contributed by atoms with Gasteiger partial charge in [-0.05, 0) is 22.8 Å². The van der Waals surface area contributed by atoms with E-state index in [0.29, 0.717) is 0 Å². The van der Waals surface area contributed by atoms with Gasteiger partial charge >= 0.3 is 0 Å². The van der Waals surface area contributed by atoms with Crippen molar-refractivity contribution in [1.82, 2.24) is 0 Å². The van der Waals surface area contributed by atoms with Gasteiger partial charge in [-0.2, -0.15) is 0 Å². The average molecular weight is 273 g/mol. The fourth-order valence-corrected chi connectivity index (χ4v) is 3.29. The minimum absolute atomic E-state index is 0.121. The molecule has 2 aromatic rings. The van der Waals surface area contributed by atoms with Gasteiger partial charge in [0.15, 0.2) is 0 Å². The van der Waals surface area contributed by atoms with Crippen molar-refractivity contribution in [2.75, 3.05) is 0 Å². The summed E-state index contributed by atoms with van der Waals surface area (Å²) in [6, 6.07) is 15.2. The minimum atomic E-state index is 0.121. The summed E-state index contributed by atoms with van der Waals surface area (Å²) in [5.74, 6) is 0. The van der Waals surface area contributed by atoms with Crippen molar-refractivity contribution in [2.24, 2.45) is 0 Å². The smallest absolute Gasteiger partial charge is 0.0256 e. The number of benzene rings is 2. The molecule has 0 amide bonds. The highest BCUT2D eigenvalue weighted by Gasteiger charge is 2.35. The highest BCUT2D eigenvalue weighted by Crippen LogP contribution is 2.50. The van der Waals surface area contributed by atoms with E-state index in [2.05, 4.69) is 72.2 Å². The summed E-state index contributed by atoms with van der Waals surface area (Å²) in [5, 5.41) is 0. The topological polar surface area (TPSA) is 0 Å². The van der Waals surface area contributed by atoms with Crippen LogP contribution in [0.2, 0.25) is 0 Å². The van der Waals surface area contributed by atoms with Crippen molar-refractivity contribution in [3.63, 3.8) is 0 Å². The van der Waals surface area contributed by atoms with Crippen LogP contribution in [0.4, 0.5) is 0 Å². The Morgan fingerprint density at radius 1 is 0.875 bits per heavy atom. The van der Waals surface area contributed by atoms with Gasteiger partial charge in [-0.1, -0.05) is 66.2 Å². The van der Waals surface area contributed by atoms with Crippen LogP contribution in [-0.2, 0) is 5.41 Å². The highest BCUT2D eigenvalue weighted by atomic mass is 79.9. The van der Waals surface area contributed by atoms with Crippen molar-refractivity contribution in [1.29, 1.82) is 0 Å². The predicted octanol–water partition coefficient (Wildman–Crippen LogP) is 4.76. The van der Waals surface area contributed by atoms with E-state index in [1.807, 2.05) is 0 Å². The van der Waals surface area contributed by atoms with E-state index in [0.717, 1.165) is 0 Å². The first-order valence-corrected chi connectivity index (χ1v) is 6.30. The van der Waals surface area contributed by atoms with Crippen LogP contribution in [0, 0.1) is 0 Å². The SMILES string of the molecule is CC1(C)c2ccccc2-c2c(Br)cccc21. The second-order valence-corrected chi connectivity index (χ2v) is 5.69. The van der Waals surface area contributed by atoms with Gasteiger partial charge in [-0.15, -0.1) is 0 Å². The Bertz CT molecular complexity index is 567. The van der Waals surface area contributed by atoms with E-state index in [-0.39, 0.29) is 5.41 Å². The molecule has 0 bridgehead atoms. The zero-order chi connectivity index (χ0) is 11.3. The zero-order valence-corrected chi connectivity index (χ0v) is 11.0. The highest BCUT2D eigenvalue weighted by molar-refractivity contribution is 9.10. The lowest BCUT2D eigenvalue weighted by Gasteiger charge is -2.21. The number of hydrogen-bond acceptors (Lipinski definition) is 0. The standard InChI is InChI=1S/C15H13Br/c1-15(2)11-7-4-3-6-10(11)14-12(15)8-5-9-13(14)16/h3-9H,1-2H3. The number of hydrogen-bond donors (Lipinski definition) is 0. The first-order valence-electron chi connectivity index (χ1n) is 5.51. The molecule has 0 aliphatic heterocycles. The van der Waals surface area contributed by atoms with Gasteiger partial charge in [0.1, 0.15) is 0 Å². The maximum atomic E-state index is 3.67. The molecule has 3 rings (SSSR count). The first kappa shape index (κ1) is 10.1. The molecule has 0 radical (unpaired) electrons. The van der Waals surface area contributed by atoms with Crippen LogP contribution in [-0.4, -0.2) is 0 Å². The summed E-state index contributed by atoms with van der Waals surface area (Å²) < 4.78 is 1.20. The molecule has 0 spiro atoms. The van der Waals surface area contributed by atoms with Gasteiger partial charge in [0.05, 0.1) is 0 Å². The molecule has 0 nitrogen and oxygen atoms in total. The Hall–Kier alpha value is -1.08. The van der Waals surface area contributed by atoms with E-state index in [4.69, 9.17) is 0 Å². The van der Waals surface area contributed by atoms with Crippen LogP contribution in [0.5, 0.6) is 0 Å². The van der Waals surface area contributed by atoms with Gasteiger partial charge < -0.3 is 0 Å². The maximum absolute atomic E-state index is 3.67. The number of fused-ring (bicyclic) bond motifs is 3. The van der Waals surface area contributed by atoms with Crippen molar-refractivity contribution in [3.05, 3.63) is 58.1 Å². The summed E-state index contributed by atoms with van der Waals surface area (Å²) in [6.07, 6.45) is 0. The molecule has 2 aromatic carbocycles. The second-order valence-electron chi connectivity index (χ2n) is 4.83. The van der Waals surface area contributed by atoms with E-state index in [1.54, 1.807) is 0 Å². The Labute approximate surface area is 104 Å². The fraction of sp³-hybridized carbons (Fsp3) is 0.200. The quantitative estimate of drug-likeness (QED) is 0.649. The Morgan fingerprint density at radius 2 is 1.56 bits per heavy atom. The first-order chi connectivity index (χ1) is 7.62. The van der Waals surface area contributed by atoms with Gasteiger partial charge in [0, 0.05) is 15.5 Å². The summed E-state index contributed by atoms with van der Waals surface area (Å²) in [6.45, 7) is 4.59. The van der Waals surface area contributed by atoms with Gasteiger partial charge in [0.25, 0.3) is 0 Å². The van der Waals surface area contributed by atoms with Crippen molar-refractivity contribution >= 4 is 15.9 Å². The minimum Gasteiger partial charge on any atom is -0.0619 e. The molecule has 80 valence electrons. The monoisotopic (exact) mass is 272 g/mol. The predicted molar refractivity (Wildman–Crippen MR) is 71.7 cm³/mol. The van der Waals surface area contributed by atoms with Crippen LogP contribution in [0.3, 0.4) is 0 Å². The average Bonchev–Trinajstić information content (AvgIpc) is 2.51. The molecule has 0 aromatic heterocycles. The van der Waals surface area contributed by atoms with Crippen molar-refractivity contribution in [2.45, 2.75) is 19.3 Å². The molecule has 1 aliphatic carbocycles. The third-order valence-electron chi connectivity index (χ3n) is 3.56. The van der Waals surface area contributed by atoms with Crippen LogP contribution >= 0.6 is 15.9 Å². The van der Waals surface area contributed by atoms with Crippen molar-refractivity contribution < 1.29 is 0 Å². The zero-order valence-electron chi connectivity index (χ0n) is 9.42. The van der Waals surface area contributed by atoms with Gasteiger partial charge in [-0.25, -0.2) is 0 Å². The molecule has 0 unspecified atom stereocenters. The van der Waals surface area contributed by atoms with Crippen LogP contribution in [0.25, 0.3) is 11.1 Å². The van der Waals surface area contributed by atoms with Gasteiger partial charge in [-0.3, -0.25) is 0 Å². The largest absolute Gasteiger partial charge is 0.0619 e. The Morgan fingerprint density at radius 3 is 2.38 bits per heavy atom. The Kier molecular flexibility index (Phi) is 2.02. The van der Waals surface area contributed by atoms with E-state index < -0.39 is 0 Å². The summed E-state index contributed by atoms with van der Waals surface area (Å²) in [7, 11) is 0. The van der Waals surface area contributed by atoms with Crippen LogP contribution < -0.4 is 0 Å². The molecule has 1 aliphatic rings. The lowest BCUT2D eigenvalue weighted by atomic mass is 9.82. The third kappa shape index (κ3) is 1.15. The second kappa shape index (κ2) is 3.21. The normalized spacial score (nSPS) is 15.7. The number of rotatable bonds is 0. The lowest BCUT2D eigenvalue weighted by Crippen LogP contribution is -2.14. The van der Waals surface area contributed by atoms with Gasteiger partial charge in [0.2, 0.25) is 0 Å². The Balaban J connectivity index is 2.45. The summed E-state index contributed by atoms with van der Waals surface area (Å²) in [4.78, 5) is 0. The van der Waals surface area contributed by atoms with E-state index in [1.165, 1.54) is 26.7 Å².